The predicted octanol–water partition coefficient (Wildman–Crippen LogP) is 2.31. The average molecular weight is 397 g/mol. The summed E-state index contributed by atoms with van der Waals surface area (Å²) in [6.07, 6.45) is 4.25. The molecule has 0 aromatic heterocycles. The van der Waals surface area contributed by atoms with Crippen LogP contribution >= 0.6 is 0 Å². The fourth-order valence-corrected chi connectivity index (χ4v) is 3.12. The number of sulfone groups is 1. The van der Waals surface area contributed by atoms with Crippen molar-refractivity contribution in [3.05, 3.63) is 29.8 Å². The molecule has 6 nitrogen and oxygen atoms in total. The summed E-state index contributed by atoms with van der Waals surface area (Å²) >= 11 is 0. The van der Waals surface area contributed by atoms with Gasteiger partial charge < -0.3 is 15.5 Å². The fourth-order valence-electron chi connectivity index (χ4n) is 2.49. The van der Waals surface area contributed by atoms with E-state index in [4.69, 9.17) is 0 Å². The Morgan fingerprint density at radius 1 is 1.15 bits per heavy atom. The molecule has 0 heterocycles. The summed E-state index contributed by atoms with van der Waals surface area (Å²) in [6, 6.07) is 7.65. The van der Waals surface area contributed by atoms with Crippen LogP contribution in [0.25, 0.3) is 0 Å². The van der Waals surface area contributed by atoms with Crippen molar-refractivity contribution in [3.63, 3.8) is 0 Å². The van der Waals surface area contributed by atoms with Crippen molar-refractivity contribution in [3.8, 4) is 0 Å². The Labute approximate surface area is 165 Å². The largest absolute Gasteiger partial charge is 0.357 e. The molecule has 0 atom stereocenters. The molecule has 0 bridgehead atoms. The number of unbranched alkanes of at least 4 members (excludes halogenated alkanes) is 1. The summed E-state index contributed by atoms with van der Waals surface area (Å²) in [5.74, 6) is 0.836. The Morgan fingerprint density at radius 3 is 2.37 bits per heavy atom. The highest BCUT2D eigenvalue weighted by molar-refractivity contribution is 7.90. The van der Waals surface area contributed by atoms with E-state index in [1.165, 1.54) is 6.26 Å². The summed E-state index contributed by atoms with van der Waals surface area (Å²) in [4.78, 5) is 7.34. The lowest BCUT2D eigenvalue weighted by molar-refractivity contribution is 0.269. The first-order valence-corrected chi connectivity index (χ1v) is 11.6. The summed E-state index contributed by atoms with van der Waals surface area (Å²) in [6.45, 7) is 9.95. The number of hydrogen-bond donors (Lipinski definition) is 2. The summed E-state index contributed by atoms with van der Waals surface area (Å²) in [7, 11) is -0.979. The van der Waals surface area contributed by atoms with Gasteiger partial charge in [-0.1, -0.05) is 12.1 Å². The third-order valence-electron chi connectivity index (χ3n) is 4.47. The zero-order chi connectivity index (χ0) is 20.3. The van der Waals surface area contributed by atoms with Gasteiger partial charge in [-0.2, -0.15) is 0 Å². The van der Waals surface area contributed by atoms with E-state index in [-0.39, 0.29) is 0 Å². The first-order valence-electron chi connectivity index (χ1n) is 9.75. The molecule has 0 amide bonds. The van der Waals surface area contributed by atoms with Gasteiger partial charge in [0.05, 0.1) is 4.90 Å². The number of guanidine groups is 1. The maximum Gasteiger partial charge on any atom is 0.191 e. The van der Waals surface area contributed by atoms with E-state index in [0.717, 1.165) is 57.0 Å². The van der Waals surface area contributed by atoms with Gasteiger partial charge in [0.25, 0.3) is 0 Å². The maximum atomic E-state index is 11.5. The van der Waals surface area contributed by atoms with Gasteiger partial charge in [0.1, 0.15) is 0 Å². The third-order valence-corrected chi connectivity index (χ3v) is 5.60. The Balaban J connectivity index is 2.39. The number of aliphatic imine (C=N–C) groups is 1. The van der Waals surface area contributed by atoms with E-state index in [0.29, 0.717) is 10.9 Å². The highest BCUT2D eigenvalue weighted by atomic mass is 32.2. The van der Waals surface area contributed by atoms with Crippen LogP contribution < -0.4 is 10.6 Å². The molecule has 1 aromatic carbocycles. The average Bonchev–Trinajstić information content (AvgIpc) is 2.60. The quantitative estimate of drug-likeness (QED) is 0.341. The Hall–Kier alpha value is -1.60. The van der Waals surface area contributed by atoms with Crippen molar-refractivity contribution in [1.82, 2.24) is 15.5 Å². The molecule has 0 spiro atoms. The molecule has 0 aliphatic rings. The van der Waals surface area contributed by atoms with E-state index in [2.05, 4.69) is 48.3 Å². The predicted molar refractivity (Wildman–Crippen MR) is 114 cm³/mol. The molecule has 0 fully saturated rings. The zero-order valence-corrected chi connectivity index (χ0v) is 18.3. The Bertz CT molecular complexity index is 670. The molecule has 0 aliphatic heterocycles. The fraction of sp³-hybridized carbons (Fsp3) is 0.650. The number of rotatable bonds is 11. The van der Waals surface area contributed by atoms with Crippen LogP contribution in [0.3, 0.4) is 0 Å². The van der Waals surface area contributed by atoms with Crippen molar-refractivity contribution in [2.45, 2.75) is 51.0 Å². The molecule has 0 unspecified atom stereocenters. The van der Waals surface area contributed by atoms with Crippen molar-refractivity contribution in [1.29, 1.82) is 0 Å². The molecule has 0 saturated carbocycles. The second-order valence-electron chi connectivity index (χ2n) is 7.14. The van der Waals surface area contributed by atoms with Gasteiger partial charge in [0, 0.05) is 31.9 Å². The van der Waals surface area contributed by atoms with Crippen molar-refractivity contribution in [2.24, 2.45) is 4.99 Å². The molecule has 1 rings (SSSR count). The molecule has 27 heavy (non-hydrogen) atoms. The number of nitrogens with one attached hydrogen (secondary N) is 2. The zero-order valence-electron chi connectivity index (χ0n) is 17.5. The topological polar surface area (TPSA) is 73.8 Å². The van der Waals surface area contributed by atoms with E-state index >= 15 is 0 Å². The van der Waals surface area contributed by atoms with Crippen LogP contribution in [-0.2, 0) is 16.3 Å². The molecular weight excluding hydrogens is 360 g/mol. The Morgan fingerprint density at radius 2 is 1.81 bits per heavy atom. The normalized spacial score (nSPS) is 12.6. The van der Waals surface area contributed by atoms with Gasteiger partial charge in [0.15, 0.2) is 15.8 Å². The standard InChI is InChI=1S/C20H36N4O2S/c1-6-21-20(22-14-7-8-16-24(4)17(2)3)23-15-13-18-9-11-19(12-10-18)27(5,25)26/h9-12,17H,6-8,13-16H2,1-5H3,(H2,21,22,23). The molecular formula is C20H36N4O2S. The van der Waals surface area contributed by atoms with Gasteiger partial charge in [-0.3, -0.25) is 4.99 Å². The van der Waals surface area contributed by atoms with E-state index in [1.54, 1.807) is 12.1 Å². The van der Waals surface area contributed by atoms with Crippen LogP contribution in [-0.4, -0.2) is 64.8 Å². The summed E-state index contributed by atoms with van der Waals surface area (Å²) in [5.41, 5.74) is 1.10. The minimum Gasteiger partial charge on any atom is -0.357 e. The molecule has 154 valence electrons. The van der Waals surface area contributed by atoms with E-state index in [1.807, 2.05) is 12.1 Å². The molecule has 0 aliphatic carbocycles. The lowest BCUT2D eigenvalue weighted by Crippen LogP contribution is -2.38. The smallest absolute Gasteiger partial charge is 0.191 e. The lowest BCUT2D eigenvalue weighted by Gasteiger charge is -2.20. The minimum absolute atomic E-state index is 0.359. The second-order valence-corrected chi connectivity index (χ2v) is 9.15. The molecule has 7 heteroatoms. The summed E-state index contributed by atoms with van der Waals surface area (Å²) in [5, 5.41) is 6.61. The first-order chi connectivity index (χ1) is 12.7. The van der Waals surface area contributed by atoms with E-state index < -0.39 is 9.84 Å². The highest BCUT2D eigenvalue weighted by Gasteiger charge is 2.06. The number of hydrogen-bond acceptors (Lipinski definition) is 4. The maximum absolute atomic E-state index is 11.5. The molecule has 0 radical (unpaired) electrons. The van der Waals surface area contributed by atoms with Crippen LogP contribution in [0.5, 0.6) is 0 Å². The number of benzene rings is 1. The van der Waals surface area contributed by atoms with Crippen molar-refractivity contribution < 1.29 is 8.42 Å². The summed E-state index contributed by atoms with van der Waals surface area (Å²) < 4.78 is 23.0. The van der Waals surface area contributed by atoms with Gasteiger partial charge in [-0.05, 0) is 71.3 Å². The molecule has 2 N–H and O–H groups in total. The molecule has 0 saturated heterocycles. The van der Waals surface area contributed by atoms with Crippen LogP contribution in [0.15, 0.2) is 34.2 Å². The van der Waals surface area contributed by atoms with Gasteiger partial charge in [0.2, 0.25) is 0 Å². The van der Waals surface area contributed by atoms with Gasteiger partial charge in [-0.15, -0.1) is 0 Å². The van der Waals surface area contributed by atoms with Gasteiger partial charge >= 0.3 is 0 Å². The highest BCUT2D eigenvalue weighted by Crippen LogP contribution is 2.10. The SMILES string of the molecule is CCNC(=NCCCCN(C)C(C)C)NCCc1ccc(S(C)(=O)=O)cc1. The van der Waals surface area contributed by atoms with Crippen molar-refractivity contribution >= 4 is 15.8 Å². The van der Waals surface area contributed by atoms with Crippen LogP contribution in [0.2, 0.25) is 0 Å². The van der Waals surface area contributed by atoms with Crippen LogP contribution in [0.4, 0.5) is 0 Å². The first kappa shape index (κ1) is 23.4. The van der Waals surface area contributed by atoms with Crippen LogP contribution in [0.1, 0.15) is 39.2 Å². The second kappa shape index (κ2) is 12.0. The van der Waals surface area contributed by atoms with E-state index in [9.17, 15) is 8.42 Å². The molecule has 1 aromatic rings. The van der Waals surface area contributed by atoms with Gasteiger partial charge in [-0.25, -0.2) is 8.42 Å². The Kier molecular flexibility index (Phi) is 10.4. The minimum atomic E-state index is -3.13. The number of nitrogens with zero attached hydrogens (tertiary/aromatic N) is 2. The monoisotopic (exact) mass is 396 g/mol. The van der Waals surface area contributed by atoms with Crippen molar-refractivity contribution in [2.75, 3.05) is 39.5 Å². The lowest BCUT2D eigenvalue weighted by atomic mass is 10.1. The third kappa shape index (κ3) is 9.77. The van der Waals surface area contributed by atoms with Crippen LogP contribution in [0, 0.1) is 0 Å².